The molecule has 0 aromatic heterocycles. The van der Waals surface area contributed by atoms with Gasteiger partial charge in [0.25, 0.3) is 11.8 Å². The normalized spacial score (nSPS) is 23.3. The number of amides is 4. The summed E-state index contributed by atoms with van der Waals surface area (Å²) in [6, 6.07) is 14.1. The van der Waals surface area contributed by atoms with E-state index in [1.165, 1.54) is 24.8 Å². The van der Waals surface area contributed by atoms with Crippen molar-refractivity contribution in [3.63, 3.8) is 0 Å². The third kappa shape index (κ3) is 5.77. The molecular weight excluding hydrogens is 560 g/mol. The number of carbonyl (C=O) groups excluding carboxylic acids is 3. The maximum atomic E-state index is 13.8. The number of hydrogen-bond acceptors (Lipinski definition) is 3. The van der Waals surface area contributed by atoms with E-state index in [4.69, 9.17) is 11.6 Å². The predicted octanol–water partition coefficient (Wildman–Crippen LogP) is 6.60. The third-order valence-corrected chi connectivity index (χ3v) is 11.2. The average Bonchev–Trinajstić information content (AvgIpc) is 3.65. The number of carbonyl (C=O) groups is 3. The van der Waals surface area contributed by atoms with Crippen molar-refractivity contribution in [1.82, 2.24) is 20.0 Å². The second-order valence-electron chi connectivity index (χ2n) is 13.6. The van der Waals surface area contributed by atoms with Gasteiger partial charge in [0.2, 0.25) is 0 Å². The van der Waals surface area contributed by atoms with Crippen LogP contribution < -0.4 is 5.32 Å². The van der Waals surface area contributed by atoms with Gasteiger partial charge in [0, 0.05) is 43.8 Å². The number of benzene rings is 2. The summed E-state index contributed by atoms with van der Waals surface area (Å²) in [5.74, 6) is 0.0705. The van der Waals surface area contributed by atoms with Crippen LogP contribution in [0.2, 0.25) is 5.02 Å². The molecule has 7 nitrogen and oxygen atoms in total. The molecule has 3 aliphatic carbocycles. The van der Waals surface area contributed by atoms with Gasteiger partial charge in [-0.05, 0) is 98.6 Å². The summed E-state index contributed by atoms with van der Waals surface area (Å²) >= 11 is 6.44. The highest BCUT2D eigenvalue weighted by Gasteiger charge is 2.44. The van der Waals surface area contributed by atoms with Crippen molar-refractivity contribution in [2.75, 3.05) is 26.2 Å². The predicted molar refractivity (Wildman–Crippen MR) is 167 cm³/mol. The van der Waals surface area contributed by atoms with Gasteiger partial charge in [0.15, 0.2) is 0 Å². The number of likely N-dealkylation sites (tertiary alicyclic amines) is 2. The van der Waals surface area contributed by atoms with Gasteiger partial charge in [-0.25, -0.2) is 4.79 Å². The second-order valence-corrected chi connectivity index (χ2v) is 14.0. The highest BCUT2D eigenvalue weighted by Crippen LogP contribution is 2.44. The zero-order valence-corrected chi connectivity index (χ0v) is 25.8. The Kier molecular flexibility index (Phi) is 7.87. The van der Waals surface area contributed by atoms with Crippen molar-refractivity contribution >= 4 is 29.4 Å². The van der Waals surface area contributed by atoms with Gasteiger partial charge in [-0.2, -0.15) is 0 Å². The quantitative estimate of drug-likeness (QED) is 0.419. The number of nitrogens with one attached hydrogen (secondary N) is 1. The lowest BCUT2D eigenvalue weighted by Gasteiger charge is -2.40. The Bertz CT molecular complexity index is 1390. The van der Waals surface area contributed by atoms with Crippen LogP contribution in [0.1, 0.15) is 109 Å². The van der Waals surface area contributed by atoms with Gasteiger partial charge in [-0.1, -0.05) is 49.1 Å². The maximum absolute atomic E-state index is 13.8. The van der Waals surface area contributed by atoms with Crippen LogP contribution in [0.5, 0.6) is 0 Å². The molecule has 1 unspecified atom stereocenters. The van der Waals surface area contributed by atoms with Gasteiger partial charge >= 0.3 is 6.03 Å². The fourth-order valence-corrected chi connectivity index (χ4v) is 8.30. The highest BCUT2D eigenvalue weighted by atomic mass is 35.5. The molecule has 1 spiro atoms. The van der Waals surface area contributed by atoms with E-state index in [9.17, 15) is 14.4 Å². The van der Waals surface area contributed by atoms with Gasteiger partial charge < -0.3 is 20.0 Å². The van der Waals surface area contributed by atoms with Crippen molar-refractivity contribution < 1.29 is 14.4 Å². The van der Waals surface area contributed by atoms with E-state index in [0.717, 1.165) is 89.5 Å². The minimum Gasteiger partial charge on any atom is -0.338 e. The van der Waals surface area contributed by atoms with E-state index in [1.807, 2.05) is 39.0 Å². The molecule has 228 valence electrons. The summed E-state index contributed by atoms with van der Waals surface area (Å²) < 4.78 is 0. The Morgan fingerprint density at radius 3 is 2.30 bits per heavy atom. The van der Waals surface area contributed by atoms with Crippen molar-refractivity contribution in [3.8, 4) is 0 Å². The maximum Gasteiger partial charge on any atom is 0.317 e. The molecule has 2 heterocycles. The lowest BCUT2D eigenvalue weighted by Crippen LogP contribution is -2.50. The standard InChI is InChI=1S/C35H43ClN4O3/c36-30-9-5-4-8-28(30)33(42)40(27-13-14-27)31-15-12-24-10-11-25(22-29(24)31)32(41)39-21-18-35(23-39)16-19-38(20-17-35)34(43)37-26-6-2-1-3-7-26/h4-5,8-11,22,26-27,31H,1-3,6-7,12-21,23H2,(H,37,43). The van der Waals surface area contributed by atoms with E-state index in [1.54, 1.807) is 6.07 Å². The van der Waals surface area contributed by atoms with Gasteiger partial charge in [0.05, 0.1) is 16.6 Å². The van der Waals surface area contributed by atoms with E-state index < -0.39 is 0 Å². The molecule has 0 bridgehead atoms. The molecule has 5 aliphatic rings. The fourth-order valence-electron chi connectivity index (χ4n) is 8.09. The number of halogens is 1. The number of nitrogens with zero attached hydrogens (tertiary/aromatic N) is 3. The number of urea groups is 1. The van der Waals surface area contributed by atoms with Crippen LogP contribution in [0.15, 0.2) is 42.5 Å². The Balaban J connectivity index is 1.01. The van der Waals surface area contributed by atoms with Crippen molar-refractivity contribution in [3.05, 3.63) is 69.7 Å². The Morgan fingerprint density at radius 1 is 0.860 bits per heavy atom. The van der Waals surface area contributed by atoms with Crippen LogP contribution in [0.4, 0.5) is 4.79 Å². The molecule has 7 rings (SSSR count). The number of aryl methyl sites for hydroxylation is 1. The third-order valence-electron chi connectivity index (χ3n) is 10.8. The van der Waals surface area contributed by atoms with Crippen molar-refractivity contribution in [2.45, 2.75) is 95.2 Å². The first-order valence-electron chi connectivity index (χ1n) is 16.5. The number of rotatable bonds is 5. The van der Waals surface area contributed by atoms with E-state index in [0.29, 0.717) is 22.2 Å². The molecule has 4 fully saturated rings. The monoisotopic (exact) mass is 602 g/mol. The number of hydrogen-bond donors (Lipinski definition) is 1. The van der Waals surface area contributed by atoms with Crippen LogP contribution in [0.3, 0.4) is 0 Å². The van der Waals surface area contributed by atoms with Crippen molar-refractivity contribution in [1.29, 1.82) is 0 Å². The van der Waals surface area contributed by atoms with Crippen LogP contribution in [0, 0.1) is 5.41 Å². The second kappa shape index (κ2) is 11.8. The summed E-state index contributed by atoms with van der Waals surface area (Å²) in [6.07, 6.45) is 12.6. The summed E-state index contributed by atoms with van der Waals surface area (Å²) in [5.41, 5.74) is 3.71. The van der Waals surface area contributed by atoms with Crippen molar-refractivity contribution in [2.24, 2.45) is 5.41 Å². The molecule has 2 saturated heterocycles. The van der Waals surface area contributed by atoms with Crippen LogP contribution in [-0.2, 0) is 6.42 Å². The lowest BCUT2D eigenvalue weighted by molar-refractivity contribution is 0.0658. The smallest absolute Gasteiger partial charge is 0.317 e. The lowest BCUT2D eigenvalue weighted by atomic mass is 9.78. The zero-order valence-electron chi connectivity index (χ0n) is 25.0. The SMILES string of the molecule is O=C(NC1CCCCC1)N1CCC2(CC1)CCN(C(=O)c1ccc3c(c1)C(N(C(=O)c1ccccc1Cl)C1CC1)CC3)C2. The van der Waals surface area contributed by atoms with E-state index >= 15 is 0 Å². The first kappa shape index (κ1) is 28.7. The molecule has 2 saturated carbocycles. The Hall–Kier alpha value is -3.06. The molecule has 43 heavy (non-hydrogen) atoms. The Morgan fingerprint density at radius 2 is 1.58 bits per heavy atom. The molecule has 8 heteroatoms. The number of piperidine rings is 1. The topological polar surface area (TPSA) is 73.0 Å². The van der Waals surface area contributed by atoms with Crippen LogP contribution in [-0.4, -0.2) is 70.8 Å². The molecule has 1 atom stereocenters. The minimum absolute atomic E-state index is 0.0112. The van der Waals surface area contributed by atoms with Crippen LogP contribution >= 0.6 is 11.6 Å². The first-order chi connectivity index (χ1) is 20.9. The summed E-state index contributed by atoms with van der Waals surface area (Å²) in [5, 5.41) is 3.75. The molecule has 2 aromatic carbocycles. The molecule has 4 amide bonds. The summed E-state index contributed by atoms with van der Waals surface area (Å²) in [6.45, 7) is 3.03. The minimum atomic E-state index is -0.0342. The fraction of sp³-hybridized carbons (Fsp3) is 0.571. The first-order valence-corrected chi connectivity index (χ1v) is 16.8. The largest absolute Gasteiger partial charge is 0.338 e. The average molecular weight is 603 g/mol. The number of fused-ring (bicyclic) bond motifs is 1. The molecule has 2 aliphatic heterocycles. The molecule has 1 N–H and O–H groups in total. The van der Waals surface area contributed by atoms with Crippen LogP contribution in [0.25, 0.3) is 0 Å². The van der Waals surface area contributed by atoms with Gasteiger partial charge in [-0.3, -0.25) is 9.59 Å². The zero-order chi connectivity index (χ0) is 29.6. The highest BCUT2D eigenvalue weighted by molar-refractivity contribution is 6.33. The molecular formula is C35H43ClN4O3. The Labute approximate surface area is 259 Å². The summed E-state index contributed by atoms with van der Waals surface area (Å²) in [7, 11) is 0. The molecule has 0 radical (unpaired) electrons. The van der Waals surface area contributed by atoms with E-state index in [2.05, 4.69) is 17.4 Å². The van der Waals surface area contributed by atoms with Gasteiger partial charge in [-0.15, -0.1) is 0 Å². The molecule has 2 aromatic rings. The van der Waals surface area contributed by atoms with Gasteiger partial charge in [0.1, 0.15) is 0 Å². The summed E-state index contributed by atoms with van der Waals surface area (Å²) in [4.78, 5) is 46.5. The van der Waals surface area contributed by atoms with E-state index in [-0.39, 0.29) is 35.3 Å².